The van der Waals surface area contributed by atoms with Gasteiger partial charge in [-0.1, -0.05) is 55.2 Å². The molecule has 2 N–H and O–H groups in total. The molecule has 1 aliphatic heterocycles. The summed E-state index contributed by atoms with van der Waals surface area (Å²) in [5.41, 5.74) is 8.28. The van der Waals surface area contributed by atoms with Gasteiger partial charge >= 0.3 is 6.03 Å². The van der Waals surface area contributed by atoms with Crippen LogP contribution < -0.4 is 16.2 Å². The molecule has 7 rings (SSSR count). The SMILES string of the molecule is CCc1cc(-c2cccc3cc(-c4ccc(C(=O)NCC#Cc5cccc(CN6CCC(=O)NC6=O)c5)nc4)ncc23)c2cc(C)c(=O)n(C)c2c1. The quantitative estimate of drug-likeness (QED) is 0.201. The molecule has 0 spiro atoms. The van der Waals surface area contributed by atoms with Crippen molar-refractivity contribution in [2.24, 2.45) is 7.05 Å². The highest BCUT2D eigenvalue weighted by Crippen LogP contribution is 2.36. The van der Waals surface area contributed by atoms with Crippen LogP contribution in [-0.4, -0.2) is 50.4 Å². The summed E-state index contributed by atoms with van der Waals surface area (Å²) in [6.07, 6.45) is 4.64. The summed E-state index contributed by atoms with van der Waals surface area (Å²) in [5.74, 6) is 5.41. The normalized spacial score (nSPS) is 12.8. The molecule has 10 heteroatoms. The van der Waals surface area contributed by atoms with Gasteiger partial charge in [-0.05, 0) is 83.4 Å². The first kappa shape index (κ1) is 33.9. The second-order valence-electron chi connectivity index (χ2n) is 12.9. The lowest BCUT2D eigenvalue weighted by atomic mass is 9.93. The Kier molecular flexibility index (Phi) is 9.33. The van der Waals surface area contributed by atoms with Crippen LogP contribution >= 0.6 is 0 Å². The molecule has 6 aromatic rings. The zero-order valence-electron chi connectivity index (χ0n) is 29.1. The van der Waals surface area contributed by atoms with Gasteiger partial charge in [0.1, 0.15) is 5.69 Å². The molecule has 4 amide bonds. The highest BCUT2D eigenvalue weighted by Gasteiger charge is 2.22. The molecule has 0 unspecified atom stereocenters. The number of amides is 4. The third-order valence-corrected chi connectivity index (χ3v) is 9.35. The maximum absolute atomic E-state index is 12.8. The van der Waals surface area contributed by atoms with Crippen LogP contribution in [0.15, 0.2) is 96.1 Å². The number of hydrogen-bond donors (Lipinski definition) is 2. The molecule has 3 aromatic heterocycles. The van der Waals surface area contributed by atoms with Crippen LogP contribution in [0.2, 0.25) is 0 Å². The molecular weight excluding hydrogens is 652 g/mol. The van der Waals surface area contributed by atoms with Crippen molar-refractivity contribution in [1.82, 2.24) is 30.1 Å². The molecule has 10 nitrogen and oxygen atoms in total. The van der Waals surface area contributed by atoms with Crippen molar-refractivity contribution in [2.45, 2.75) is 33.2 Å². The summed E-state index contributed by atoms with van der Waals surface area (Å²) in [6.45, 7) is 4.84. The summed E-state index contributed by atoms with van der Waals surface area (Å²) < 4.78 is 1.73. The van der Waals surface area contributed by atoms with Gasteiger partial charge in [0.2, 0.25) is 5.91 Å². The Labute approximate surface area is 300 Å². The Morgan fingerprint density at radius 1 is 0.904 bits per heavy atom. The highest BCUT2D eigenvalue weighted by molar-refractivity contribution is 6.05. The number of nitrogens with zero attached hydrogens (tertiary/aromatic N) is 4. The van der Waals surface area contributed by atoms with E-state index >= 15 is 0 Å². The fraction of sp³-hybridized carbons (Fsp3) is 0.190. The number of urea groups is 1. The largest absolute Gasteiger partial charge is 0.340 e. The molecule has 258 valence electrons. The van der Waals surface area contributed by atoms with Crippen LogP contribution in [0.3, 0.4) is 0 Å². The first-order valence-corrected chi connectivity index (χ1v) is 17.1. The number of aryl methyl sites for hydroxylation is 3. The van der Waals surface area contributed by atoms with Gasteiger partial charge in [-0.2, -0.15) is 0 Å². The van der Waals surface area contributed by atoms with Gasteiger partial charge < -0.3 is 14.8 Å². The Morgan fingerprint density at radius 2 is 1.75 bits per heavy atom. The minimum Gasteiger partial charge on any atom is -0.340 e. The van der Waals surface area contributed by atoms with E-state index in [9.17, 15) is 19.2 Å². The zero-order valence-corrected chi connectivity index (χ0v) is 29.1. The molecule has 52 heavy (non-hydrogen) atoms. The van der Waals surface area contributed by atoms with Crippen LogP contribution in [-0.2, 0) is 24.8 Å². The second-order valence-corrected chi connectivity index (χ2v) is 12.9. The monoisotopic (exact) mass is 688 g/mol. The van der Waals surface area contributed by atoms with Crippen molar-refractivity contribution in [1.29, 1.82) is 0 Å². The molecule has 0 bridgehead atoms. The van der Waals surface area contributed by atoms with Crippen molar-refractivity contribution in [2.75, 3.05) is 13.1 Å². The predicted octanol–water partition coefficient (Wildman–Crippen LogP) is 5.91. The summed E-state index contributed by atoms with van der Waals surface area (Å²) >= 11 is 0. The molecular formula is C42H36N6O4. The molecule has 1 aliphatic rings. The molecule has 0 radical (unpaired) electrons. The average molecular weight is 689 g/mol. The number of imide groups is 1. The van der Waals surface area contributed by atoms with E-state index in [2.05, 4.69) is 58.6 Å². The van der Waals surface area contributed by atoms with Crippen LogP contribution in [0.5, 0.6) is 0 Å². The Morgan fingerprint density at radius 3 is 2.54 bits per heavy atom. The van der Waals surface area contributed by atoms with Crippen molar-refractivity contribution in [3.8, 4) is 34.2 Å². The van der Waals surface area contributed by atoms with Gasteiger partial charge in [0, 0.05) is 66.4 Å². The summed E-state index contributed by atoms with van der Waals surface area (Å²) in [5, 5.41) is 8.15. The number of hydrogen-bond acceptors (Lipinski definition) is 6. The molecule has 1 fully saturated rings. The minimum atomic E-state index is -0.395. The minimum absolute atomic E-state index is 0.00332. The lowest BCUT2D eigenvalue weighted by Gasteiger charge is -2.26. The third-order valence-electron chi connectivity index (χ3n) is 9.35. The van der Waals surface area contributed by atoms with Gasteiger partial charge in [-0.3, -0.25) is 29.7 Å². The topological polar surface area (TPSA) is 126 Å². The van der Waals surface area contributed by atoms with Crippen molar-refractivity contribution in [3.63, 3.8) is 0 Å². The molecule has 0 saturated carbocycles. The van der Waals surface area contributed by atoms with E-state index in [1.165, 1.54) is 0 Å². The second kappa shape index (κ2) is 14.3. The van der Waals surface area contributed by atoms with E-state index in [1.807, 2.05) is 68.7 Å². The third kappa shape index (κ3) is 6.89. The summed E-state index contributed by atoms with van der Waals surface area (Å²) in [7, 11) is 1.82. The number of carbonyl (C=O) groups is 3. The van der Waals surface area contributed by atoms with E-state index in [0.717, 1.165) is 67.2 Å². The van der Waals surface area contributed by atoms with Gasteiger partial charge in [-0.15, -0.1) is 0 Å². The van der Waals surface area contributed by atoms with Crippen LogP contribution in [0.4, 0.5) is 4.79 Å². The average Bonchev–Trinajstić information content (AvgIpc) is 3.16. The maximum Gasteiger partial charge on any atom is 0.324 e. The lowest BCUT2D eigenvalue weighted by Crippen LogP contribution is -2.48. The molecule has 0 atom stereocenters. The molecule has 3 aromatic carbocycles. The van der Waals surface area contributed by atoms with Gasteiger partial charge in [0.25, 0.3) is 11.5 Å². The number of rotatable bonds is 7. The standard InChI is InChI=1S/C42H36N6O4/c1-4-27-20-33(34-18-26(2)41(51)47(3)38(34)21-27)32-12-6-11-30-22-37(45-24-35(30)32)31-13-14-36(44-23-31)40(50)43-16-7-10-28-8-5-9-29(19-28)25-48-17-15-39(49)46-42(48)52/h5-6,8-9,11-14,18-24H,4,15-17,25H2,1-3H3,(H,43,50)(H,46,49,52). The molecule has 1 saturated heterocycles. The van der Waals surface area contributed by atoms with Gasteiger partial charge in [-0.25, -0.2) is 4.79 Å². The van der Waals surface area contributed by atoms with E-state index in [4.69, 9.17) is 4.98 Å². The van der Waals surface area contributed by atoms with Crippen molar-refractivity contribution in [3.05, 3.63) is 130 Å². The van der Waals surface area contributed by atoms with E-state index in [-0.39, 0.29) is 36.0 Å². The van der Waals surface area contributed by atoms with Crippen molar-refractivity contribution < 1.29 is 14.4 Å². The van der Waals surface area contributed by atoms with Crippen molar-refractivity contribution >= 4 is 39.5 Å². The van der Waals surface area contributed by atoms with E-state index in [0.29, 0.717) is 18.7 Å². The van der Waals surface area contributed by atoms with Gasteiger partial charge in [0.15, 0.2) is 0 Å². The van der Waals surface area contributed by atoms with Crippen LogP contribution in [0.25, 0.3) is 44.1 Å². The Balaban J connectivity index is 1.04. The highest BCUT2D eigenvalue weighted by atomic mass is 16.2. The number of carbonyl (C=O) groups excluding carboxylic acids is 3. The number of fused-ring (bicyclic) bond motifs is 2. The number of aromatic nitrogens is 3. The van der Waals surface area contributed by atoms with Gasteiger partial charge in [0.05, 0.1) is 17.8 Å². The smallest absolute Gasteiger partial charge is 0.324 e. The number of benzene rings is 3. The van der Waals surface area contributed by atoms with Crippen LogP contribution in [0.1, 0.15) is 46.1 Å². The first-order valence-electron chi connectivity index (χ1n) is 17.1. The summed E-state index contributed by atoms with van der Waals surface area (Å²) in [4.78, 5) is 59.9. The Bertz CT molecular complexity index is 2530. The predicted molar refractivity (Wildman–Crippen MR) is 201 cm³/mol. The van der Waals surface area contributed by atoms with E-state index < -0.39 is 6.03 Å². The number of pyridine rings is 3. The lowest BCUT2D eigenvalue weighted by molar-refractivity contribution is -0.121. The maximum atomic E-state index is 12.8. The van der Waals surface area contributed by atoms with E-state index in [1.54, 1.807) is 21.7 Å². The zero-order chi connectivity index (χ0) is 36.4. The molecule has 4 heterocycles. The first-order chi connectivity index (χ1) is 25.2. The fourth-order valence-corrected chi connectivity index (χ4v) is 6.53. The molecule has 0 aliphatic carbocycles. The fourth-order valence-electron chi connectivity index (χ4n) is 6.53. The summed E-state index contributed by atoms with van der Waals surface area (Å²) in [6, 6.07) is 25.1. The Hall–Kier alpha value is -6.60. The van der Waals surface area contributed by atoms with Crippen LogP contribution in [0, 0.1) is 18.8 Å². The number of nitrogens with one attached hydrogen (secondary N) is 2.